The summed E-state index contributed by atoms with van der Waals surface area (Å²) in [5.74, 6) is 0. The predicted octanol–water partition coefficient (Wildman–Crippen LogP) is 8.01. The number of hydrogen-bond acceptors (Lipinski definition) is 1. The molecule has 0 aliphatic carbocycles. The van der Waals surface area contributed by atoms with Crippen LogP contribution in [0.25, 0.3) is 0 Å². The van der Waals surface area contributed by atoms with Gasteiger partial charge in [0.15, 0.2) is 0 Å². The number of aromatic nitrogens is 1. The van der Waals surface area contributed by atoms with Gasteiger partial charge in [0.2, 0.25) is 0 Å². The van der Waals surface area contributed by atoms with E-state index in [1.165, 1.54) is 107 Å². The van der Waals surface area contributed by atoms with Crippen LogP contribution in [0.2, 0.25) is 0 Å². The number of fused-ring (bicyclic) bond motifs is 1. The lowest BCUT2D eigenvalue weighted by molar-refractivity contribution is 0.0575. The molecule has 0 radical (unpaired) electrons. The summed E-state index contributed by atoms with van der Waals surface area (Å²) in [4.78, 5) is 3.20. The molecule has 0 fully saturated rings. The highest BCUT2D eigenvalue weighted by Crippen LogP contribution is 2.34. The van der Waals surface area contributed by atoms with E-state index in [9.17, 15) is 0 Å². The first-order chi connectivity index (χ1) is 12.9. The molecule has 0 saturated carbocycles. The number of allylic oxidation sites excluding steroid dienone is 2. The maximum Gasteiger partial charge on any atom is 0.0847 e. The molecule has 1 aliphatic rings. The van der Waals surface area contributed by atoms with E-state index in [4.69, 9.17) is 4.74 Å². The number of rotatable bonds is 16. The molecule has 1 unspecified atom stereocenters. The Morgan fingerprint density at radius 3 is 2.15 bits per heavy atom. The molecule has 1 N–H and O–H groups in total. The smallest absolute Gasteiger partial charge is 0.0847 e. The molecule has 2 rings (SSSR count). The lowest BCUT2D eigenvalue weighted by Gasteiger charge is -2.09. The molecule has 1 aromatic rings. The Balaban J connectivity index is 1.31. The zero-order valence-electron chi connectivity index (χ0n) is 17.1. The molecule has 2 nitrogen and oxygen atoms in total. The maximum atomic E-state index is 5.86. The SMILES string of the molecule is CCCCCCCC/C=C\CCCCCCCCC1OCc2c[nH]cc21. The Kier molecular flexibility index (Phi) is 11.5. The summed E-state index contributed by atoms with van der Waals surface area (Å²) < 4.78 is 5.86. The average molecular weight is 360 g/mol. The molecular weight excluding hydrogens is 318 g/mol. The number of hydrogen-bond donors (Lipinski definition) is 1. The second-order valence-corrected chi connectivity index (χ2v) is 7.96. The lowest BCUT2D eigenvalue weighted by atomic mass is 10.0. The van der Waals surface area contributed by atoms with Crippen LogP contribution in [-0.4, -0.2) is 4.98 Å². The van der Waals surface area contributed by atoms with E-state index in [1.54, 1.807) is 0 Å². The largest absolute Gasteiger partial charge is 0.369 e. The van der Waals surface area contributed by atoms with E-state index in [2.05, 4.69) is 36.5 Å². The molecule has 1 atom stereocenters. The summed E-state index contributed by atoms with van der Waals surface area (Å²) in [5.41, 5.74) is 2.76. The van der Waals surface area contributed by atoms with Gasteiger partial charge in [-0.1, -0.05) is 83.3 Å². The monoisotopic (exact) mass is 359 g/mol. The van der Waals surface area contributed by atoms with Crippen LogP contribution in [0.15, 0.2) is 24.5 Å². The molecular formula is C24H41NO. The van der Waals surface area contributed by atoms with Gasteiger partial charge in [0, 0.05) is 23.5 Å². The summed E-state index contributed by atoms with van der Waals surface area (Å²) in [6.07, 6.45) is 29.8. The Hall–Kier alpha value is -1.02. The second-order valence-electron chi connectivity index (χ2n) is 7.96. The molecule has 0 bridgehead atoms. The first-order valence-electron chi connectivity index (χ1n) is 11.3. The van der Waals surface area contributed by atoms with Gasteiger partial charge in [-0.05, 0) is 32.1 Å². The third-order valence-electron chi connectivity index (χ3n) is 5.63. The Morgan fingerprint density at radius 1 is 0.846 bits per heavy atom. The van der Waals surface area contributed by atoms with E-state index in [0.29, 0.717) is 6.10 Å². The van der Waals surface area contributed by atoms with E-state index in [-0.39, 0.29) is 0 Å². The highest BCUT2D eigenvalue weighted by molar-refractivity contribution is 5.28. The molecule has 2 heterocycles. The molecule has 1 aromatic heterocycles. The third kappa shape index (κ3) is 8.58. The van der Waals surface area contributed by atoms with Crippen molar-refractivity contribution in [2.75, 3.05) is 0 Å². The minimum atomic E-state index is 0.355. The van der Waals surface area contributed by atoms with Crippen molar-refractivity contribution in [2.24, 2.45) is 0 Å². The van der Waals surface area contributed by atoms with Crippen molar-refractivity contribution < 1.29 is 4.74 Å². The van der Waals surface area contributed by atoms with Crippen LogP contribution >= 0.6 is 0 Å². The van der Waals surface area contributed by atoms with Crippen LogP contribution in [0, 0.1) is 0 Å². The van der Waals surface area contributed by atoms with Gasteiger partial charge in [0.05, 0.1) is 12.7 Å². The van der Waals surface area contributed by atoms with Gasteiger partial charge < -0.3 is 9.72 Å². The standard InChI is InChI=1S/C24H41NO/c1-2-3-4-5-6-7-8-9-10-11-12-13-14-15-16-17-18-24-23-20-25-19-22(23)21-26-24/h9-10,19-20,24-25H,2-8,11-18,21H2,1H3/b10-9-. The Labute approximate surface area is 161 Å². The number of ether oxygens (including phenoxy) is 1. The van der Waals surface area contributed by atoms with Crippen LogP contribution in [0.1, 0.15) is 120 Å². The first-order valence-corrected chi connectivity index (χ1v) is 11.3. The quantitative estimate of drug-likeness (QED) is 0.234. The molecule has 0 aromatic carbocycles. The minimum absolute atomic E-state index is 0.355. The summed E-state index contributed by atoms with van der Waals surface area (Å²) in [6, 6.07) is 0. The fraction of sp³-hybridized carbons (Fsp3) is 0.750. The van der Waals surface area contributed by atoms with Crippen molar-refractivity contribution in [3.05, 3.63) is 35.7 Å². The average Bonchev–Trinajstić information content (AvgIpc) is 3.26. The van der Waals surface area contributed by atoms with Gasteiger partial charge >= 0.3 is 0 Å². The van der Waals surface area contributed by atoms with Crippen LogP contribution in [0.3, 0.4) is 0 Å². The zero-order valence-corrected chi connectivity index (χ0v) is 17.1. The van der Waals surface area contributed by atoms with Gasteiger partial charge in [-0.15, -0.1) is 0 Å². The zero-order chi connectivity index (χ0) is 18.3. The Bertz CT molecular complexity index is 476. The molecule has 0 amide bonds. The van der Waals surface area contributed by atoms with Crippen LogP contribution in [0.5, 0.6) is 0 Å². The Morgan fingerprint density at radius 2 is 1.46 bits per heavy atom. The van der Waals surface area contributed by atoms with Gasteiger partial charge in [-0.25, -0.2) is 0 Å². The lowest BCUT2D eigenvalue weighted by Crippen LogP contribution is -1.95. The van der Waals surface area contributed by atoms with Crippen molar-refractivity contribution in [3.8, 4) is 0 Å². The fourth-order valence-corrected chi connectivity index (χ4v) is 3.93. The molecule has 0 spiro atoms. The van der Waals surface area contributed by atoms with Crippen molar-refractivity contribution in [1.82, 2.24) is 4.98 Å². The normalized spacial score (nSPS) is 16.6. The van der Waals surface area contributed by atoms with Gasteiger partial charge in [0.25, 0.3) is 0 Å². The number of aromatic amines is 1. The van der Waals surface area contributed by atoms with E-state index in [0.717, 1.165) is 6.61 Å². The van der Waals surface area contributed by atoms with Crippen molar-refractivity contribution in [3.63, 3.8) is 0 Å². The van der Waals surface area contributed by atoms with Gasteiger partial charge in [0.1, 0.15) is 0 Å². The summed E-state index contributed by atoms with van der Waals surface area (Å²) in [5, 5.41) is 0. The number of unbranched alkanes of at least 4 members (excludes halogenated alkanes) is 12. The highest BCUT2D eigenvalue weighted by Gasteiger charge is 2.22. The van der Waals surface area contributed by atoms with Crippen molar-refractivity contribution in [1.29, 1.82) is 0 Å². The van der Waals surface area contributed by atoms with Crippen LogP contribution in [-0.2, 0) is 11.3 Å². The van der Waals surface area contributed by atoms with Gasteiger partial charge in [-0.2, -0.15) is 0 Å². The molecule has 0 saturated heterocycles. The minimum Gasteiger partial charge on any atom is -0.369 e. The fourth-order valence-electron chi connectivity index (χ4n) is 3.93. The summed E-state index contributed by atoms with van der Waals surface area (Å²) >= 11 is 0. The summed E-state index contributed by atoms with van der Waals surface area (Å²) in [7, 11) is 0. The molecule has 1 aliphatic heterocycles. The van der Waals surface area contributed by atoms with Crippen LogP contribution in [0.4, 0.5) is 0 Å². The highest BCUT2D eigenvalue weighted by atomic mass is 16.5. The topological polar surface area (TPSA) is 25.0 Å². The van der Waals surface area contributed by atoms with E-state index < -0.39 is 0 Å². The third-order valence-corrected chi connectivity index (χ3v) is 5.63. The second kappa shape index (κ2) is 14.1. The van der Waals surface area contributed by atoms with Crippen LogP contribution < -0.4 is 0 Å². The molecule has 2 heteroatoms. The molecule has 148 valence electrons. The van der Waals surface area contributed by atoms with Gasteiger partial charge in [-0.3, -0.25) is 0 Å². The first kappa shape index (κ1) is 21.3. The number of nitrogens with one attached hydrogen (secondary N) is 1. The molecule has 26 heavy (non-hydrogen) atoms. The predicted molar refractivity (Wildman–Crippen MR) is 112 cm³/mol. The van der Waals surface area contributed by atoms with Crippen molar-refractivity contribution >= 4 is 0 Å². The number of H-pyrrole nitrogens is 1. The van der Waals surface area contributed by atoms with E-state index in [1.807, 2.05) is 0 Å². The van der Waals surface area contributed by atoms with E-state index >= 15 is 0 Å². The van der Waals surface area contributed by atoms with Crippen molar-refractivity contribution in [2.45, 2.75) is 116 Å². The maximum absolute atomic E-state index is 5.86. The summed E-state index contributed by atoms with van der Waals surface area (Å²) in [6.45, 7) is 3.09.